The first-order valence-corrected chi connectivity index (χ1v) is 6.96. The topological polar surface area (TPSA) is 42.0 Å². The lowest BCUT2D eigenvalue weighted by Gasteiger charge is -2.04. The summed E-state index contributed by atoms with van der Waals surface area (Å²) >= 11 is 7.27. The summed E-state index contributed by atoms with van der Waals surface area (Å²) in [5.41, 5.74) is -0.0558. The number of nitrogens with one attached hydrogen (secondary N) is 1. The number of carbonyl (C=O) groups is 1. The van der Waals surface area contributed by atoms with Crippen molar-refractivity contribution in [2.24, 2.45) is 0 Å². The number of aromatic nitrogens is 1. The van der Waals surface area contributed by atoms with Gasteiger partial charge in [0.25, 0.3) is 5.91 Å². The van der Waals surface area contributed by atoms with Crippen molar-refractivity contribution < 1.29 is 9.18 Å². The SMILES string of the molecule is CCc1cnc(CNC(=O)c2cc(Cl)ccc2F)s1. The highest BCUT2D eigenvalue weighted by molar-refractivity contribution is 7.11. The summed E-state index contributed by atoms with van der Waals surface area (Å²) in [7, 11) is 0. The lowest BCUT2D eigenvalue weighted by Crippen LogP contribution is -2.23. The van der Waals surface area contributed by atoms with Crippen molar-refractivity contribution in [2.75, 3.05) is 0 Å². The first-order valence-electron chi connectivity index (χ1n) is 5.77. The lowest BCUT2D eigenvalue weighted by atomic mass is 10.2. The molecule has 0 bridgehead atoms. The van der Waals surface area contributed by atoms with E-state index in [-0.39, 0.29) is 12.1 Å². The van der Waals surface area contributed by atoms with E-state index in [1.165, 1.54) is 29.5 Å². The first-order chi connectivity index (χ1) is 9.10. The van der Waals surface area contributed by atoms with Crippen LogP contribution >= 0.6 is 22.9 Å². The lowest BCUT2D eigenvalue weighted by molar-refractivity contribution is 0.0947. The van der Waals surface area contributed by atoms with Crippen molar-refractivity contribution in [1.82, 2.24) is 10.3 Å². The number of benzene rings is 1. The van der Waals surface area contributed by atoms with Crippen molar-refractivity contribution in [3.8, 4) is 0 Å². The summed E-state index contributed by atoms with van der Waals surface area (Å²) in [6.07, 6.45) is 2.70. The van der Waals surface area contributed by atoms with E-state index in [1.54, 1.807) is 6.20 Å². The van der Waals surface area contributed by atoms with Gasteiger partial charge in [0, 0.05) is 16.1 Å². The molecular formula is C13H12ClFN2OS. The van der Waals surface area contributed by atoms with Crippen molar-refractivity contribution >= 4 is 28.8 Å². The number of nitrogens with zero attached hydrogens (tertiary/aromatic N) is 1. The maximum absolute atomic E-state index is 13.5. The highest BCUT2D eigenvalue weighted by atomic mass is 35.5. The van der Waals surface area contributed by atoms with E-state index in [1.807, 2.05) is 6.92 Å². The van der Waals surface area contributed by atoms with Crippen molar-refractivity contribution in [2.45, 2.75) is 19.9 Å². The Hall–Kier alpha value is -1.46. The molecule has 0 aliphatic rings. The molecule has 19 heavy (non-hydrogen) atoms. The number of carbonyl (C=O) groups excluding carboxylic acids is 1. The van der Waals surface area contributed by atoms with Crippen LogP contribution in [0.5, 0.6) is 0 Å². The van der Waals surface area contributed by atoms with E-state index in [9.17, 15) is 9.18 Å². The van der Waals surface area contributed by atoms with Gasteiger partial charge in [-0.3, -0.25) is 4.79 Å². The smallest absolute Gasteiger partial charge is 0.254 e. The van der Waals surface area contributed by atoms with Crippen LogP contribution in [0.1, 0.15) is 27.2 Å². The summed E-state index contributed by atoms with van der Waals surface area (Å²) in [4.78, 5) is 17.2. The minimum absolute atomic E-state index is 0.0558. The molecule has 0 unspecified atom stereocenters. The monoisotopic (exact) mass is 298 g/mol. The molecule has 3 nitrogen and oxygen atoms in total. The maximum Gasteiger partial charge on any atom is 0.254 e. The third-order valence-corrected chi connectivity index (χ3v) is 3.90. The Morgan fingerprint density at radius 1 is 1.53 bits per heavy atom. The van der Waals surface area contributed by atoms with Crippen LogP contribution < -0.4 is 5.32 Å². The molecule has 0 spiro atoms. The molecule has 2 aromatic rings. The van der Waals surface area contributed by atoms with Gasteiger partial charge in [-0.15, -0.1) is 11.3 Å². The largest absolute Gasteiger partial charge is 0.345 e. The van der Waals surface area contributed by atoms with Gasteiger partial charge in [-0.2, -0.15) is 0 Å². The first kappa shape index (κ1) is 14.0. The zero-order valence-electron chi connectivity index (χ0n) is 10.2. The number of amides is 1. The molecule has 6 heteroatoms. The number of rotatable bonds is 4. The van der Waals surface area contributed by atoms with E-state index >= 15 is 0 Å². The molecule has 1 amide bonds. The maximum atomic E-state index is 13.5. The molecule has 0 fully saturated rings. The number of aryl methyl sites for hydroxylation is 1. The average molecular weight is 299 g/mol. The Morgan fingerprint density at radius 3 is 3.00 bits per heavy atom. The highest BCUT2D eigenvalue weighted by Gasteiger charge is 2.12. The molecule has 0 aliphatic carbocycles. The average Bonchev–Trinajstić information content (AvgIpc) is 2.87. The van der Waals surface area contributed by atoms with E-state index in [0.29, 0.717) is 5.02 Å². The Labute approximate surface area is 119 Å². The van der Waals surface area contributed by atoms with Crippen LogP contribution in [-0.2, 0) is 13.0 Å². The van der Waals surface area contributed by atoms with Crippen molar-refractivity contribution in [1.29, 1.82) is 0 Å². The van der Waals surface area contributed by atoms with E-state index in [4.69, 9.17) is 11.6 Å². The van der Waals surface area contributed by atoms with Crippen LogP contribution in [0.3, 0.4) is 0 Å². The number of hydrogen-bond acceptors (Lipinski definition) is 3. The predicted molar refractivity (Wildman–Crippen MR) is 74.1 cm³/mol. The van der Waals surface area contributed by atoms with Gasteiger partial charge >= 0.3 is 0 Å². The Morgan fingerprint density at radius 2 is 2.32 bits per heavy atom. The number of thiazole rings is 1. The second-order valence-electron chi connectivity index (χ2n) is 3.88. The Kier molecular flexibility index (Phi) is 4.50. The molecule has 0 saturated carbocycles. The second-order valence-corrected chi connectivity index (χ2v) is 5.52. The summed E-state index contributed by atoms with van der Waals surface area (Å²) < 4.78 is 13.5. The Bertz CT molecular complexity index is 600. The number of hydrogen-bond donors (Lipinski definition) is 1. The molecule has 1 N–H and O–H groups in total. The molecule has 0 radical (unpaired) electrons. The Balaban J connectivity index is 2.03. The summed E-state index contributed by atoms with van der Waals surface area (Å²) in [5.74, 6) is -1.08. The zero-order valence-corrected chi connectivity index (χ0v) is 11.8. The normalized spacial score (nSPS) is 10.5. The van der Waals surface area contributed by atoms with Crippen LogP contribution in [0.15, 0.2) is 24.4 Å². The fraction of sp³-hybridized carbons (Fsp3) is 0.231. The fourth-order valence-electron chi connectivity index (χ4n) is 1.52. The fourth-order valence-corrected chi connectivity index (χ4v) is 2.49. The molecule has 1 heterocycles. The van der Waals surface area contributed by atoms with Crippen molar-refractivity contribution in [3.05, 3.63) is 50.7 Å². The summed E-state index contributed by atoms with van der Waals surface area (Å²) in [6.45, 7) is 2.33. The third-order valence-electron chi connectivity index (χ3n) is 2.52. The van der Waals surface area contributed by atoms with Crippen LogP contribution in [0.2, 0.25) is 5.02 Å². The van der Waals surface area contributed by atoms with Gasteiger partial charge in [-0.05, 0) is 24.6 Å². The molecule has 100 valence electrons. The summed E-state index contributed by atoms with van der Waals surface area (Å²) in [5, 5.41) is 3.76. The van der Waals surface area contributed by atoms with Gasteiger partial charge in [0.05, 0.1) is 12.1 Å². The molecule has 0 aliphatic heterocycles. The highest BCUT2D eigenvalue weighted by Crippen LogP contribution is 2.16. The van der Waals surface area contributed by atoms with Crippen LogP contribution in [-0.4, -0.2) is 10.9 Å². The molecular weight excluding hydrogens is 287 g/mol. The number of halogens is 2. The summed E-state index contributed by atoms with van der Waals surface area (Å²) in [6, 6.07) is 3.89. The third kappa shape index (κ3) is 3.52. The van der Waals surface area contributed by atoms with Crippen LogP contribution in [0, 0.1) is 5.82 Å². The predicted octanol–water partition coefficient (Wildman–Crippen LogP) is 3.43. The molecule has 1 aromatic carbocycles. The van der Waals surface area contributed by atoms with Gasteiger partial charge in [-0.25, -0.2) is 9.37 Å². The standard InChI is InChI=1S/C13H12ClFN2OS/c1-2-9-6-16-12(19-9)7-17-13(18)10-5-8(14)3-4-11(10)15/h3-6H,2,7H2,1H3,(H,17,18). The van der Waals surface area contributed by atoms with Gasteiger partial charge in [0.1, 0.15) is 10.8 Å². The molecule has 2 rings (SSSR count). The van der Waals surface area contributed by atoms with Gasteiger partial charge in [0.2, 0.25) is 0 Å². The minimum atomic E-state index is -0.588. The van der Waals surface area contributed by atoms with E-state index in [2.05, 4.69) is 10.3 Å². The molecule has 1 aromatic heterocycles. The molecule has 0 atom stereocenters. The van der Waals surface area contributed by atoms with E-state index < -0.39 is 11.7 Å². The van der Waals surface area contributed by atoms with Crippen LogP contribution in [0.25, 0.3) is 0 Å². The molecule has 0 saturated heterocycles. The quantitative estimate of drug-likeness (QED) is 0.939. The van der Waals surface area contributed by atoms with Crippen LogP contribution in [0.4, 0.5) is 4.39 Å². The second kappa shape index (κ2) is 6.12. The zero-order chi connectivity index (χ0) is 13.8. The van der Waals surface area contributed by atoms with E-state index in [0.717, 1.165) is 16.3 Å². The van der Waals surface area contributed by atoms with Crippen molar-refractivity contribution in [3.63, 3.8) is 0 Å². The van der Waals surface area contributed by atoms with Gasteiger partial charge < -0.3 is 5.32 Å². The van der Waals surface area contributed by atoms with Gasteiger partial charge in [-0.1, -0.05) is 18.5 Å². The van der Waals surface area contributed by atoms with Gasteiger partial charge in [0.15, 0.2) is 0 Å². The minimum Gasteiger partial charge on any atom is -0.345 e.